The summed E-state index contributed by atoms with van der Waals surface area (Å²) >= 11 is 0. The van der Waals surface area contributed by atoms with Gasteiger partial charge in [0.2, 0.25) is 0 Å². The highest BCUT2D eigenvalue weighted by Gasteiger charge is 2.07. The summed E-state index contributed by atoms with van der Waals surface area (Å²) in [6, 6.07) is 13.9. The summed E-state index contributed by atoms with van der Waals surface area (Å²) in [7, 11) is 0. The first-order valence-corrected chi connectivity index (χ1v) is 5.06. The van der Waals surface area contributed by atoms with Gasteiger partial charge >= 0.3 is 0 Å². The molecule has 0 unspecified atom stereocenters. The van der Waals surface area contributed by atoms with Crippen molar-refractivity contribution in [2.45, 2.75) is 0 Å². The van der Waals surface area contributed by atoms with Gasteiger partial charge in [-0.2, -0.15) is 0 Å². The Kier molecular flexibility index (Phi) is 1.83. The van der Waals surface area contributed by atoms with E-state index in [2.05, 4.69) is 0 Å². The lowest BCUT2D eigenvalue weighted by Crippen LogP contribution is -1.83. The van der Waals surface area contributed by atoms with Crippen molar-refractivity contribution in [3.63, 3.8) is 0 Å². The van der Waals surface area contributed by atoms with Gasteiger partial charge in [0.25, 0.3) is 0 Å². The Morgan fingerprint density at radius 1 is 0.750 bits per heavy atom. The molecule has 0 spiro atoms. The van der Waals surface area contributed by atoms with Crippen LogP contribution in [0.1, 0.15) is 0 Å². The Labute approximate surface area is 91.8 Å². The van der Waals surface area contributed by atoms with Gasteiger partial charge in [-0.15, -0.1) is 0 Å². The molecule has 2 heteroatoms. The SMILES string of the molecule is Oc1cccc2c1cc(F)c1ccccc12. The number of hydrogen-bond donors (Lipinski definition) is 1. The lowest BCUT2D eigenvalue weighted by atomic mass is 10.0. The van der Waals surface area contributed by atoms with E-state index < -0.39 is 0 Å². The first-order valence-electron chi connectivity index (χ1n) is 5.06. The van der Waals surface area contributed by atoms with Crippen molar-refractivity contribution in [2.24, 2.45) is 0 Å². The molecule has 0 atom stereocenters. The van der Waals surface area contributed by atoms with Gasteiger partial charge < -0.3 is 5.11 Å². The summed E-state index contributed by atoms with van der Waals surface area (Å²) in [4.78, 5) is 0. The first-order chi connectivity index (χ1) is 7.77. The molecule has 0 heterocycles. The highest BCUT2D eigenvalue weighted by atomic mass is 19.1. The average Bonchev–Trinajstić information content (AvgIpc) is 2.31. The second kappa shape index (κ2) is 3.20. The average molecular weight is 212 g/mol. The third-order valence-corrected chi connectivity index (χ3v) is 2.83. The lowest BCUT2D eigenvalue weighted by molar-refractivity contribution is 0.481. The number of rotatable bonds is 0. The standard InChI is InChI=1S/C14H9FO/c15-13-8-12-10(6-3-7-14(12)16)9-4-1-2-5-11(9)13/h1-8,16H. The number of aromatic hydroxyl groups is 1. The van der Waals surface area contributed by atoms with Crippen molar-refractivity contribution in [1.29, 1.82) is 0 Å². The Morgan fingerprint density at radius 3 is 2.19 bits per heavy atom. The molecular weight excluding hydrogens is 203 g/mol. The van der Waals surface area contributed by atoms with E-state index >= 15 is 0 Å². The van der Waals surface area contributed by atoms with Gasteiger partial charge in [0.15, 0.2) is 0 Å². The first kappa shape index (κ1) is 9.16. The number of fused-ring (bicyclic) bond motifs is 3. The van der Waals surface area contributed by atoms with E-state index in [0.717, 1.165) is 10.8 Å². The van der Waals surface area contributed by atoms with Gasteiger partial charge in [0.1, 0.15) is 11.6 Å². The Balaban J connectivity index is 2.64. The van der Waals surface area contributed by atoms with Crippen molar-refractivity contribution in [1.82, 2.24) is 0 Å². The maximum atomic E-state index is 13.8. The molecule has 0 radical (unpaired) electrons. The molecule has 0 fully saturated rings. The van der Waals surface area contributed by atoms with Crippen LogP contribution in [-0.2, 0) is 0 Å². The van der Waals surface area contributed by atoms with Crippen LogP contribution in [-0.4, -0.2) is 5.11 Å². The normalized spacial score (nSPS) is 11.1. The molecule has 0 aliphatic heterocycles. The zero-order chi connectivity index (χ0) is 11.1. The molecular formula is C14H9FO. The molecule has 0 aromatic heterocycles. The van der Waals surface area contributed by atoms with E-state index in [0.29, 0.717) is 10.8 Å². The summed E-state index contributed by atoms with van der Waals surface area (Å²) in [6.45, 7) is 0. The molecule has 78 valence electrons. The van der Waals surface area contributed by atoms with Crippen LogP contribution in [0, 0.1) is 5.82 Å². The third kappa shape index (κ3) is 1.16. The number of benzene rings is 3. The van der Waals surface area contributed by atoms with Crippen LogP contribution in [0.25, 0.3) is 21.5 Å². The second-order valence-corrected chi connectivity index (χ2v) is 3.78. The number of halogens is 1. The molecule has 0 saturated heterocycles. The summed E-state index contributed by atoms with van der Waals surface area (Å²) in [5.41, 5.74) is 0. The van der Waals surface area contributed by atoms with Gasteiger partial charge in [-0.3, -0.25) is 0 Å². The fraction of sp³-hybridized carbons (Fsp3) is 0. The fourth-order valence-electron chi connectivity index (χ4n) is 2.07. The van der Waals surface area contributed by atoms with Gasteiger partial charge in [0, 0.05) is 10.8 Å². The highest BCUT2D eigenvalue weighted by Crippen LogP contribution is 2.32. The van der Waals surface area contributed by atoms with Crippen LogP contribution in [0.15, 0.2) is 48.5 Å². The molecule has 0 amide bonds. The van der Waals surface area contributed by atoms with E-state index in [1.807, 2.05) is 18.2 Å². The van der Waals surface area contributed by atoms with Gasteiger partial charge in [-0.1, -0.05) is 36.4 Å². The lowest BCUT2D eigenvalue weighted by Gasteiger charge is -2.06. The predicted molar refractivity (Wildman–Crippen MR) is 63.1 cm³/mol. The maximum Gasteiger partial charge on any atom is 0.131 e. The molecule has 1 N–H and O–H groups in total. The summed E-state index contributed by atoms with van der Waals surface area (Å²) < 4.78 is 13.8. The van der Waals surface area contributed by atoms with Crippen LogP contribution in [0.2, 0.25) is 0 Å². The minimum Gasteiger partial charge on any atom is -0.507 e. The summed E-state index contributed by atoms with van der Waals surface area (Å²) in [5.74, 6) is -0.188. The molecule has 16 heavy (non-hydrogen) atoms. The monoisotopic (exact) mass is 212 g/mol. The Hall–Kier alpha value is -2.09. The minimum atomic E-state index is -0.301. The minimum absolute atomic E-state index is 0.113. The topological polar surface area (TPSA) is 20.2 Å². The van der Waals surface area contributed by atoms with Gasteiger partial charge in [-0.25, -0.2) is 4.39 Å². The van der Waals surface area contributed by atoms with E-state index in [-0.39, 0.29) is 11.6 Å². The summed E-state index contributed by atoms with van der Waals surface area (Å²) in [6.07, 6.45) is 0. The molecule has 1 nitrogen and oxygen atoms in total. The molecule has 0 aliphatic rings. The van der Waals surface area contributed by atoms with Crippen molar-refractivity contribution in [3.05, 3.63) is 54.3 Å². The third-order valence-electron chi connectivity index (χ3n) is 2.83. The van der Waals surface area contributed by atoms with E-state index in [4.69, 9.17) is 0 Å². The van der Waals surface area contributed by atoms with E-state index in [9.17, 15) is 9.50 Å². The molecule has 3 aromatic rings. The van der Waals surface area contributed by atoms with Crippen molar-refractivity contribution in [3.8, 4) is 5.75 Å². The molecule has 3 aromatic carbocycles. The fourth-order valence-corrected chi connectivity index (χ4v) is 2.07. The zero-order valence-corrected chi connectivity index (χ0v) is 8.44. The van der Waals surface area contributed by atoms with Gasteiger partial charge in [0.05, 0.1) is 0 Å². The van der Waals surface area contributed by atoms with Crippen LogP contribution < -0.4 is 0 Å². The molecule has 0 saturated carbocycles. The maximum absolute atomic E-state index is 13.8. The molecule has 0 aliphatic carbocycles. The largest absolute Gasteiger partial charge is 0.507 e. The molecule has 3 rings (SSSR count). The van der Waals surface area contributed by atoms with Crippen LogP contribution >= 0.6 is 0 Å². The predicted octanol–water partition coefficient (Wildman–Crippen LogP) is 3.84. The smallest absolute Gasteiger partial charge is 0.131 e. The number of phenols is 1. The van der Waals surface area contributed by atoms with Crippen LogP contribution in [0.5, 0.6) is 5.75 Å². The molecule has 0 bridgehead atoms. The van der Waals surface area contributed by atoms with Crippen LogP contribution in [0.4, 0.5) is 4.39 Å². The Morgan fingerprint density at radius 2 is 1.38 bits per heavy atom. The van der Waals surface area contributed by atoms with Crippen molar-refractivity contribution >= 4 is 21.5 Å². The number of phenolic OH excluding ortho intramolecular Hbond substituents is 1. The Bertz CT molecular complexity index is 683. The van der Waals surface area contributed by atoms with Crippen molar-refractivity contribution < 1.29 is 9.50 Å². The van der Waals surface area contributed by atoms with Crippen LogP contribution in [0.3, 0.4) is 0 Å². The summed E-state index contributed by atoms with van der Waals surface area (Å²) in [5, 5.41) is 12.5. The van der Waals surface area contributed by atoms with Gasteiger partial charge in [-0.05, 0) is 22.9 Å². The quantitative estimate of drug-likeness (QED) is 0.561. The zero-order valence-electron chi connectivity index (χ0n) is 8.44. The number of hydrogen-bond acceptors (Lipinski definition) is 1. The van der Waals surface area contributed by atoms with Crippen molar-refractivity contribution in [2.75, 3.05) is 0 Å². The second-order valence-electron chi connectivity index (χ2n) is 3.78. The highest BCUT2D eigenvalue weighted by molar-refractivity contribution is 6.09. The van der Waals surface area contributed by atoms with E-state index in [1.54, 1.807) is 24.3 Å². The van der Waals surface area contributed by atoms with E-state index in [1.165, 1.54) is 6.07 Å².